The molecule has 0 bridgehead atoms. The molecule has 1 aliphatic rings. The van der Waals surface area contributed by atoms with Crippen LogP contribution < -0.4 is 10.6 Å². The molecule has 0 spiro atoms. The van der Waals surface area contributed by atoms with Crippen molar-refractivity contribution in [3.63, 3.8) is 0 Å². The van der Waals surface area contributed by atoms with Crippen molar-refractivity contribution < 1.29 is 4.79 Å². The number of amides is 1. The van der Waals surface area contributed by atoms with Gasteiger partial charge in [0.1, 0.15) is 0 Å². The van der Waals surface area contributed by atoms with Crippen LogP contribution in [0.5, 0.6) is 0 Å². The lowest BCUT2D eigenvalue weighted by Gasteiger charge is -2.35. The summed E-state index contributed by atoms with van der Waals surface area (Å²) >= 11 is 1.93. The van der Waals surface area contributed by atoms with Gasteiger partial charge >= 0.3 is 0 Å². The second-order valence-electron chi connectivity index (χ2n) is 4.90. The third-order valence-electron chi connectivity index (χ3n) is 3.52. The van der Waals surface area contributed by atoms with E-state index in [4.69, 9.17) is 0 Å². The highest BCUT2D eigenvalue weighted by Gasteiger charge is 2.31. The number of carbonyl (C=O) groups is 1. The summed E-state index contributed by atoms with van der Waals surface area (Å²) in [5.74, 6) is 0.137. The van der Waals surface area contributed by atoms with E-state index in [0.29, 0.717) is 11.3 Å². The molecule has 1 aliphatic carbocycles. The molecule has 4 heteroatoms. The van der Waals surface area contributed by atoms with Crippen LogP contribution in [0.25, 0.3) is 0 Å². The van der Waals surface area contributed by atoms with Crippen molar-refractivity contribution in [3.05, 3.63) is 0 Å². The van der Waals surface area contributed by atoms with Gasteiger partial charge in [-0.05, 0) is 32.1 Å². The van der Waals surface area contributed by atoms with Crippen molar-refractivity contribution >= 4 is 17.7 Å². The Morgan fingerprint density at radius 3 is 2.59 bits per heavy atom. The predicted molar refractivity (Wildman–Crippen MR) is 75.5 cm³/mol. The summed E-state index contributed by atoms with van der Waals surface area (Å²) in [6, 6.07) is 0. The summed E-state index contributed by atoms with van der Waals surface area (Å²) in [4.78, 5) is 11.6. The maximum absolute atomic E-state index is 11.6. The van der Waals surface area contributed by atoms with Gasteiger partial charge < -0.3 is 10.6 Å². The van der Waals surface area contributed by atoms with Crippen molar-refractivity contribution in [1.82, 2.24) is 10.6 Å². The lowest BCUT2D eigenvalue weighted by molar-refractivity contribution is -0.120. The zero-order valence-corrected chi connectivity index (χ0v) is 12.0. The van der Waals surface area contributed by atoms with Gasteiger partial charge in [0.05, 0.1) is 6.54 Å². The maximum Gasteiger partial charge on any atom is 0.234 e. The third-order valence-corrected chi connectivity index (χ3v) is 4.94. The molecular weight excluding hydrogens is 232 g/mol. The van der Waals surface area contributed by atoms with Crippen LogP contribution in [0.2, 0.25) is 0 Å². The Hall–Kier alpha value is -0.220. The van der Waals surface area contributed by atoms with Gasteiger partial charge in [-0.25, -0.2) is 0 Å². The first kappa shape index (κ1) is 14.8. The van der Waals surface area contributed by atoms with Gasteiger partial charge in [-0.15, -0.1) is 0 Å². The fourth-order valence-corrected chi connectivity index (χ4v) is 3.26. The molecule has 1 fully saturated rings. The Labute approximate surface area is 109 Å². The van der Waals surface area contributed by atoms with E-state index >= 15 is 0 Å². The lowest BCUT2D eigenvalue weighted by Crippen LogP contribution is -2.44. The minimum atomic E-state index is 0.137. The van der Waals surface area contributed by atoms with Crippen LogP contribution in [0.4, 0.5) is 0 Å². The topological polar surface area (TPSA) is 41.1 Å². The Morgan fingerprint density at radius 2 is 2.00 bits per heavy atom. The Bertz CT molecular complexity index is 227. The molecule has 0 unspecified atom stereocenters. The number of carbonyl (C=O) groups excluding carboxylic acids is 1. The first-order chi connectivity index (χ1) is 8.22. The molecule has 0 aliphatic heterocycles. The number of thioether (sulfide) groups is 1. The van der Waals surface area contributed by atoms with Crippen molar-refractivity contribution in [1.29, 1.82) is 0 Å². The molecule has 0 saturated heterocycles. The van der Waals surface area contributed by atoms with Crippen LogP contribution in [0, 0.1) is 0 Å². The van der Waals surface area contributed by atoms with Gasteiger partial charge in [0, 0.05) is 11.3 Å². The van der Waals surface area contributed by atoms with Gasteiger partial charge in [-0.2, -0.15) is 11.8 Å². The Kier molecular flexibility index (Phi) is 6.97. The van der Waals surface area contributed by atoms with E-state index in [1.807, 2.05) is 11.8 Å². The third kappa shape index (κ3) is 5.30. The first-order valence-corrected chi connectivity index (χ1v) is 7.97. The van der Waals surface area contributed by atoms with Crippen molar-refractivity contribution in [2.24, 2.45) is 0 Å². The van der Waals surface area contributed by atoms with E-state index in [-0.39, 0.29) is 5.91 Å². The molecule has 0 aromatic rings. The number of hydrogen-bond acceptors (Lipinski definition) is 3. The fourth-order valence-electron chi connectivity index (χ4n) is 2.35. The summed E-state index contributed by atoms with van der Waals surface area (Å²) < 4.78 is 0.304. The Morgan fingerprint density at radius 1 is 1.29 bits per heavy atom. The zero-order valence-electron chi connectivity index (χ0n) is 11.2. The number of rotatable bonds is 7. The SMILES string of the molecule is CCCNCC(=O)NCC1(SC)CCCCC1. The molecule has 2 N–H and O–H groups in total. The monoisotopic (exact) mass is 258 g/mol. The van der Waals surface area contributed by atoms with Gasteiger partial charge in [-0.3, -0.25) is 4.79 Å². The summed E-state index contributed by atoms with van der Waals surface area (Å²) in [6.45, 7) is 4.32. The molecule has 0 radical (unpaired) electrons. The van der Waals surface area contributed by atoms with Crippen LogP contribution in [0.3, 0.4) is 0 Å². The molecule has 1 amide bonds. The summed E-state index contributed by atoms with van der Waals surface area (Å²) in [6.07, 6.45) is 9.71. The maximum atomic E-state index is 11.6. The molecular formula is C13H26N2OS. The van der Waals surface area contributed by atoms with E-state index in [9.17, 15) is 4.79 Å². The summed E-state index contributed by atoms with van der Waals surface area (Å²) in [7, 11) is 0. The predicted octanol–water partition coefficient (Wildman–Crippen LogP) is 2.17. The van der Waals surface area contributed by atoms with E-state index in [1.165, 1.54) is 32.1 Å². The molecule has 100 valence electrons. The summed E-state index contributed by atoms with van der Waals surface area (Å²) in [5, 5.41) is 6.22. The fraction of sp³-hybridized carbons (Fsp3) is 0.923. The molecule has 17 heavy (non-hydrogen) atoms. The molecule has 0 aromatic heterocycles. The van der Waals surface area contributed by atoms with E-state index in [2.05, 4.69) is 23.8 Å². The normalized spacial score (nSPS) is 18.9. The minimum Gasteiger partial charge on any atom is -0.354 e. The average molecular weight is 258 g/mol. The molecule has 0 aromatic carbocycles. The second-order valence-corrected chi connectivity index (χ2v) is 6.18. The highest BCUT2D eigenvalue weighted by atomic mass is 32.2. The first-order valence-electron chi connectivity index (χ1n) is 6.75. The smallest absolute Gasteiger partial charge is 0.234 e. The van der Waals surface area contributed by atoms with Crippen LogP contribution in [0.15, 0.2) is 0 Å². The van der Waals surface area contributed by atoms with Gasteiger partial charge in [0.15, 0.2) is 0 Å². The highest BCUT2D eigenvalue weighted by molar-refractivity contribution is 8.00. The quantitative estimate of drug-likeness (QED) is 0.688. The second kappa shape index (κ2) is 7.98. The minimum absolute atomic E-state index is 0.137. The van der Waals surface area contributed by atoms with Gasteiger partial charge in [0.2, 0.25) is 5.91 Å². The largest absolute Gasteiger partial charge is 0.354 e. The molecule has 1 rings (SSSR count). The van der Waals surface area contributed by atoms with Crippen LogP contribution >= 0.6 is 11.8 Å². The van der Waals surface area contributed by atoms with E-state index in [0.717, 1.165) is 19.5 Å². The molecule has 1 saturated carbocycles. The average Bonchev–Trinajstić information content (AvgIpc) is 2.38. The summed E-state index contributed by atoms with van der Waals surface area (Å²) in [5.41, 5.74) is 0. The number of nitrogens with one attached hydrogen (secondary N) is 2. The molecule has 3 nitrogen and oxygen atoms in total. The van der Waals surface area contributed by atoms with Gasteiger partial charge in [0.25, 0.3) is 0 Å². The number of hydrogen-bond donors (Lipinski definition) is 2. The molecule has 0 heterocycles. The van der Waals surface area contributed by atoms with Crippen LogP contribution in [-0.4, -0.2) is 36.5 Å². The highest BCUT2D eigenvalue weighted by Crippen LogP contribution is 2.37. The Balaban J connectivity index is 2.24. The standard InChI is InChI=1S/C13H26N2OS/c1-3-9-14-10-12(16)15-11-13(17-2)7-5-4-6-8-13/h14H,3-11H2,1-2H3,(H,15,16). The van der Waals surface area contributed by atoms with E-state index < -0.39 is 0 Å². The van der Waals surface area contributed by atoms with Crippen LogP contribution in [0.1, 0.15) is 45.4 Å². The lowest BCUT2D eigenvalue weighted by atomic mass is 9.88. The molecule has 0 atom stereocenters. The van der Waals surface area contributed by atoms with Crippen molar-refractivity contribution in [2.75, 3.05) is 25.9 Å². The van der Waals surface area contributed by atoms with Crippen LogP contribution in [-0.2, 0) is 4.79 Å². The zero-order chi connectivity index (χ0) is 12.6. The van der Waals surface area contributed by atoms with Crippen molar-refractivity contribution in [2.45, 2.75) is 50.2 Å². The van der Waals surface area contributed by atoms with Crippen molar-refractivity contribution in [3.8, 4) is 0 Å². The van der Waals surface area contributed by atoms with Gasteiger partial charge in [-0.1, -0.05) is 26.2 Å². The van der Waals surface area contributed by atoms with E-state index in [1.54, 1.807) is 0 Å².